The van der Waals surface area contributed by atoms with Crippen molar-refractivity contribution in [3.63, 3.8) is 0 Å². The molecule has 19 heavy (non-hydrogen) atoms. The zero-order chi connectivity index (χ0) is 13.7. The van der Waals surface area contributed by atoms with Crippen molar-refractivity contribution < 1.29 is 4.74 Å². The van der Waals surface area contributed by atoms with Gasteiger partial charge in [-0.3, -0.25) is 0 Å². The molecule has 2 aromatic carbocycles. The maximum Gasteiger partial charge on any atom is 0.119 e. The van der Waals surface area contributed by atoms with E-state index in [-0.39, 0.29) is 0 Å². The Bertz CT molecular complexity index is 594. The standard InChI is InChI=1S/C17H17NO/c1-13-3-4-16(11-14(13)2)12-19-17-7-5-15(6-8-17)9-10-18/h3-8,11H,9,12H2,1-2H3. The van der Waals surface area contributed by atoms with Gasteiger partial charge in [-0.2, -0.15) is 5.26 Å². The fourth-order valence-electron chi connectivity index (χ4n) is 1.85. The van der Waals surface area contributed by atoms with Crippen LogP contribution in [0, 0.1) is 25.2 Å². The molecule has 0 atom stereocenters. The van der Waals surface area contributed by atoms with Crippen LogP contribution < -0.4 is 4.74 Å². The van der Waals surface area contributed by atoms with E-state index in [1.54, 1.807) is 0 Å². The highest BCUT2D eigenvalue weighted by molar-refractivity contribution is 5.31. The molecule has 0 unspecified atom stereocenters. The number of nitrogens with zero attached hydrogens (tertiary/aromatic N) is 1. The van der Waals surface area contributed by atoms with Gasteiger partial charge in [-0.1, -0.05) is 30.3 Å². The molecule has 0 saturated heterocycles. The zero-order valence-corrected chi connectivity index (χ0v) is 11.3. The summed E-state index contributed by atoms with van der Waals surface area (Å²) in [5.74, 6) is 0.833. The van der Waals surface area contributed by atoms with Crippen molar-refractivity contribution in [1.29, 1.82) is 5.26 Å². The van der Waals surface area contributed by atoms with Gasteiger partial charge >= 0.3 is 0 Å². The fourth-order valence-corrected chi connectivity index (χ4v) is 1.85. The summed E-state index contributed by atoms with van der Waals surface area (Å²) in [6.45, 7) is 4.78. The molecule has 2 rings (SSSR count). The van der Waals surface area contributed by atoms with Crippen molar-refractivity contribution in [3.05, 3.63) is 64.7 Å². The van der Waals surface area contributed by atoms with E-state index >= 15 is 0 Å². The Balaban J connectivity index is 1.98. The Morgan fingerprint density at radius 1 is 0.947 bits per heavy atom. The Hall–Kier alpha value is -2.27. The van der Waals surface area contributed by atoms with Crippen LogP contribution >= 0.6 is 0 Å². The normalized spacial score (nSPS) is 9.95. The Morgan fingerprint density at radius 2 is 1.63 bits per heavy atom. The van der Waals surface area contributed by atoms with Crippen LogP contribution in [0.2, 0.25) is 0 Å². The van der Waals surface area contributed by atoms with Crippen LogP contribution in [0.25, 0.3) is 0 Å². The molecule has 0 fully saturated rings. The second-order valence-corrected chi connectivity index (χ2v) is 4.69. The fraction of sp³-hybridized carbons (Fsp3) is 0.235. The van der Waals surface area contributed by atoms with Crippen molar-refractivity contribution in [2.24, 2.45) is 0 Å². The summed E-state index contributed by atoms with van der Waals surface area (Å²) in [4.78, 5) is 0. The van der Waals surface area contributed by atoms with Crippen LogP contribution in [0.3, 0.4) is 0 Å². The van der Waals surface area contributed by atoms with E-state index in [1.807, 2.05) is 24.3 Å². The van der Waals surface area contributed by atoms with Crippen LogP contribution in [0.5, 0.6) is 5.75 Å². The van der Waals surface area contributed by atoms with Gasteiger partial charge in [0.1, 0.15) is 12.4 Å². The smallest absolute Gasteiger partial charge is 0.119 e. The second kappa shape index (κ2) is 6.06. The number of hydrogen-bond donors (Lipinski definition) is 0. The lowest BCUT2D eigenvalue weighted by atomic mass is 10.1. The second-order valence-electron chi connectivity index (χ2n) is 4.69. The van der Waals surface area contributed by atoms with Gasteiger partial charge in [0, 0.05) is 0 Å². The predicted octanol–water partition coefficient (Wildman–Crippen LogP) is 3.95. The van der Waals surface area contributed by atoms with Crippen LogP contribution in [0.4, 0.5) is 0 Å². The lowest BCUT2D eigenvalue weighted by Gasteiger charge is -2.08. The molecule has 0 spiro atoms. The molecule has 96 valence electrons. The van der Waals surface area contributed by atoms with E-state index in [1.165, 1.54) is 16.7 Å². The van der Waals surface area contributed by atoms with Crippen molar-refractivity contribution in [1.82, 2.24) is 0 Å². The first-order valence-corrected chi connectivity index (χ1v) is 6.34. The number of aryl methyl sites for hydroxylation is 2. The quantitative estimate of drug-likeness (QED) is 0.824. The molecular formula is C17H17NO. The van der Waals surface area contributed by atoms with E-state index in [0.717, 1.165) is 11.3 Å². The number of benzene rings is 2. The third-order valence-electron chi connectivity index (χ3n) is 3.18. The summed E-state index contributed by atoms with van der Waals surface area (Å²) < 4.78 is 5.74. The number of hydrogen-bond acceptors (Lipinski definition) is 2. The molecule has 2 nitrogen and oxygen atoms in total. The maximum atomic E-state index is 8.61. The molecule has 0 radical (unpaired) electrons. The highest BCUT2D eigenvalue weighted by Crippen LogP contribution is 2.16. The summed E-state index contributed by atoms with van der Waals surface area (Å²) in [5, 5.41) is 8.61. The molecule has 0 amide bonds. The first-order chi connectivity index (χ1) is 9.19. The first-order valence-electron chi connectivity index (χ1n) is 6.34. The molecule has 2 heteroatoms. The summed E-state index contributed by atoms with van der Waals surface area (Å²) in [6.07, 6.45) is 0.442. The molecule has 0 saturated carbocycles. The van der Waals surface area contributed by atoms with E-state index < -0.39 is 0 Å². The lowest BCUT2D eigenvalue weighted by Crippen LogP contribution is -1.96. The van der Waals surface area contributed by atoms with Gasteiger partial charge in [-0.05, 0) is 48.2 Å². The largest absolute Gasteiger partial charge is 0.489 e. The number of rotatable bonds is 4. The van der Waals surface area contributed by atoms with E-state index in [2.05, 4.69) is 38.1 Å². The van der Waals surface area contributed by atoms with Gasteiger partial charge < -0.3 is 4.74 Å². The molecule has 0 aliphatic rings. The van der Waals surface area contributed by atoms with E-state index in [0.29, 0.717) is 13.0 Å². The molecule has 2 aromatic rings. The van der Waals surface area contributed by atoms with Gasteiger partial charge in [0.05, 0.1) is 12.5 Å². The van der Waals surface area contributed by atoms with Gasteiger partial charge in [0.25, 0.3) is 0 Å². The van der Waals surface area contributed by atoms with Crippen molar-refractivity contribution >= 4 is 0 Å². The van der Waals surface area contributed by atoms with Crippen LogP contribution in [-0.2, 0) is 13.0 Å². The maximum absolute atomic E-state index is 8.61. The monoisotopic (exact) mass is 251 g/mol. The average Bonchev–Trinajstić information content (AvgIpc) is 2.42. The van der Waals surface area contributed by atoms with Gasteiger partial charge in [-0.25, -0.2) is 0 Å². The minimum Gasteiger partial charge on any atom is -0.489 e. The topological polar surface area (TPSA) is 33.0 Å². The zero-order valence-electron chi connectivity index (χ0n) is 11.3. The summed E-state index contributed by atoms with van der Waals surface area (Å²) >= 11 is 0. The molecule has 0 heterocycles. The van der Waals surface area contributed by atoms with Crippen molar-refractivity contribution in [2.75, 3.05) is 0 Å². The highest BCUT2D eigenvalue weighted by atomic mass is 16.5. The Labute approximate surface area is 114 Å². The molecule has 0 bridgehead atoms. The predicted molar refractivity (Wildman–Crippen MR) is 76.0 cm³/mol. The number of nitriles is 1. The third kappa shape index (κ3) is 3.59. The SMILES string of the molecule is Cc1ccc(COc2ccc(CC#N)cc2)cc1C. The Morgan fingerprint density at radius 3 is 2.26 bits per heavy atom. The number of ether oxygens (including phenoxy) is 1. The molecule has 0 aliphatic heterocycles. The van der Waals surface area contributed by atoms with Crippen molar-refractivity contribution in [2.45, 2.75) is 26.9 Å². The molecule has 0 aromatic heterocycles. The Kier molecular flexibility index (Phi) is 4.20. The lowest BCUT2D eigenvalue weighted by molar-refractivity contribution is 0.306. The van der Waals surface area contributed by atoms with Gasteiger partial charge in [0.15, 0.2) is 0 Å². The highest BCUT2D eigenvalue weighted by Gasteiger charge is 1.99. The van der Waals surface area contributed by atoms with Crippen molar-refractivity contribution in [3.8, 4) is 11.8 Å². The van der Waals surface area contributed by atoms with Gasteiger partial charge in [-0.15, -0.1) is 0 Å². The van der Waals surface area contributed by atoms with Gasteiger partial charge in [0.2, 0.25) is 0 Å². The average molecular weight is 251 g/mol. The molecular weight excluding hydrogens is 234 g/mol. The summed E-state index contributed by atoms with van der Waals surface area (Å²) in [6, 6.07) is 16.2. The first kappa shape index (κ1) is 13.2. The molecule has 0 aliphatic carbocycles. The summed E-state index contributed by atoms with van der Waals surface area (Å²) in [7, 11) is 0. The molecule has 0 N–H and O–H groups in total. The van der Waals surface area contributed by atoms with Crippen LogP contribution in [-0.4, -0.2) is 0 Å². The third-order valence-corrected chi connectivity index (χ3v) is 3.18. The summed E-state index contributed by atoms with van der Waals surface area (Å²) in [5.41, 5.74) is 4.76. The van der Waals surface area contributed by atoms with Crippen LogP contribution in [0.1, 0.15) is 22.3 Å². The minimum absolute atomic E-state index is 0.442. The minimum atomic E-state index is 0.442. The van der Waals surface area contributed by atoms with Crippen LogP contribution in [0.15, 0.2) is 42.5 Å². The van der Waals surface area contributed by atoms with E-state index in [4.69, 9.17) is 10.00 Å². The van der Waals surface area contributed by atoms with E-state index in [9.17, 15) is 0 Å².